The van der Waals surface area contributed by atoms with Crippen molar-refractivity contribution in [1.29, 1.82) is 0 Å². The second-order valence-electron chi connectivity index (χ2n) is 9.50. The van der Waals surface area contributed by atoms with Crippen LogP contribution in [0.1, 0.15) is 46.5 Å². The number of rotatable bonds is 7. The van der Waals surface area contributed by atoms with Gasteiger partial charge < -0.3 is 9.64 Å². The quantitative estimate of drug-likeness (QED) is 0.323. The Hall–Kier alpha value is -3.36. The van der Waals surface area contributed by atoms with Crippen LogP contribution in [0.5, 0.6) is 5.75 Å². The molecule has 1 N–H and O–H groups in total. The monoisotopic (exact) mass is 591 g/mol. The summed E-state index contributed by atoms with van der Waals surface area (Å²) in [6.45, 7) is 3.45. The minimum absolute atomic E-state index is 0.0680. The van der Waals surface area contributed by atoms with Gasteiger partial charge in [-0.2, -0.15) is 5.10 Å². The van der Waals surface area contributed by atoms with Crippen LogP contribution < -0.4 is 9.46 Å². The summed E-state index contributed by atoms with van der Waals surface area (Å²) in [6, 6.07) is 3.37. The number of ether oxygens (including phenoxy) is 1. The third kappa shape index (κ3) is 4.92. The highest BCUT2D eigenvalue weighted by Gasteiger charge is 2.39. The molecule has 1 amide bonds. The Kier molecular flexibility index (Phi) is 6.43. The number of pyridine rings is 2. The van der Waals surface area contributed by atoms with Crippen LogP contribution in [0.15, 0.2) is 24.4 Å². The van der Waals surface area contributed by atoms with Crippen LogP contribution in [-0.2, 0) is 21.2 Å². The molecule has 1 unspecified atom stereocenters. The molecule has 15 heteroatoms. The smallest absolute Gasteiger partial charge is 0.261 e. The first-order chi connectivity index (χ1) is 18.6. The highest BCUT2D eigenvalue weighted by atomic mass is 35.5. The molecule has 1 aliphatic heterocycles. The number of anilines is 1. The van der Waals surface area contributed by atoms with Gasteiger partial charge in [0.2, 0.25) is 15.0 Å². The van der Waals surface area contributed by atoms with Crippen molar-refractivity contribution in [3.63, 3.8) is 0 Å². The van der Waals surface area contributed by atoms with Gasteiger partial charge in [-0.3, -0.25) is 14.5 Å². The first-order valence-electron chi connectivity index (χ1n) is 12.2. The molecule has 4 aromatic rings. The van der Waals surface area contributed by atoms with Crippen molar-refractivity contribution in [3.8, 4) is 5.75 Å². The van der Waals surface area contributed by atoms with Crippen LogP contribution in [-0.4, -0.2) is 62.2 Å². The Morgan fingerprint density at radius 2 is 2.08 bits per heavy atom. The highest BCUT2D eigenvalue weighted by Crippen LogP contribution is 2.37. The van der Waals surface area contributed by atoms with Gasteiger partial charge >= 0.3 is 0 Å². The SMILES string of the molecule is Cc1cnc(C2c3c(nc4sc(C)nn34)CCN2C(=O)COc2ccc(NS(=O)(=O)C3CC3)nc2Cl)c(F)c1. The molecule has 0 bridgehead atoms. The number of nitrogens with one attached hydrogen (secondary N) is 1. The second-order valence-corrected chi connectivity index (χ2v) is 13.0. The molecule has 0 spiro atoms. The average molecular weight is 592 g/mol. The van der Waals surface area contributed by atoms with Crippen molar-refractivity contribution in [2.75, 3.05) is 17.9 Å². The summed E-state index contributed by atoms with van der Waals surface area (Å²) in [5.74, 6) is -0.789. The van der Waals surface area contributed by atoms with E-state index < -0.39 is 39.6 Å². The maximum absolute atomic E-state index is 15.2. The van der Waals surface area contributed by atoms with Crippen LogP contribution in [0.2, 0.25) is 5.15 Å². The van der Waals surface area contributed by atoms with Gasteiger partial charge in [0.25, 0.3) is 5.91 Å². The number of aromatic nitrogens is 5. The minimum atomic E-state index is -3.50. The van der Waals surface area contributed by atoms with E-state index >= 15 is 4.39 Å². The number of carbonyl (C=O) groups excluding carboxylic acids is 1. The van der Waals surface area contributed by atoms with E-state index in [1.54, 1.807) is 17.6 Å². The van der Waals surface area contributed by atoms with Crippen LogP contribution in [0.3, 0.4) is 0 Å². The predicted molar refractivity (Wildman–Crippen MR) is 142 cm³/mol. The third-order valence-electron chi connectivity index (χ3n) is 6.54. The van der Waals surface area contributed by atoms with Crippen molar-refractivity contribution in [2.45, 2.75) is 44.4 Å². The number of hydrogen-bond acceptors (Lipinski definition) is 9. The molecule has 2 aliphatic rings. The van der Waals surface area contributed by atoms with Crippen LogP contribution in [0, 0.1) is 19.7 Å². The van der Waals surface area contributed by atoms with E-state index in [2.05, 4.69) is 24.8 Å². The lowest BCUT2D eigenvalue weighted by Gasteiger charge is -2.35. The Morgan fingerprint density at radius 1 is 1.28 bits per heavy atom. The first kappa shape index (κ1) is 25.9. The Balaban J connectivity index is 1.26. The summed E-state index contributed by atoms with van der Waals surface area (Å²) in [5, 5.41) is 4.81. The van der Waals surface area contributed by atoms with E-state index in [0.29, 0.717) is 35.5 Å². The molecule has 1 saturated carbocycles. The number of hydrogen-bond donors (Lipinski definition) is 1. The number of halogens is 2. The molecule has 11 nitrogen and oxygen atoms in total. The van der Waals surface area contributed by atoms with Gasteiger partial charge in [-0.1, -0.05) is 22.9 Å². The molecular formula is C24H23ClFN7O4S2. The molecule has 204 valence electrons. The minimum Gasteiger partial charge on any atom is -0.481 e. The Labute approximate surface area is 232 Å². The molecule has 1 aliphatic carbocycles. The standard InChI is InChI=1S/C24H23ClFN7O4S2/c1-12-9-15(26)20(27-10-12)22-21-16(28-24-33(21)30-13(2)38-24)7-8-32(22)19(34)11-37-17-5-6-18(29-23(17)25)31-39(35,36)14-3-4-14/h5-6,9-10,14,22H,3-4,7-8,11H2,1-2H3,(H,29,31). The summed E-state index contributed by atoms with van der Waals surface area (Å²) < 4.78 is 49.3. The molecule has 0 radical (unpaired) electrons. The zero-order chi connectivity index (χ0) is 27.5. The summed E-state index contributed by atoms with van der Waals surface area (Å²) in [6.07, 6.45) is 3.24. The summed E-state index contributed by atoms with van der Waals surface area (Å²) >= 11 is 7.64. The summed E-state index contributed by atoms with van der Waals surface area (Å²) in [7, 11) is -3.50. The molecule has 39 heavy (non-hydrogen) atoms. The molecular weight excluding hydrogens is 569 g/mol. The molecule has 1 atom stereocenters. The highest BCUT2D eigenvalue weighted by molar-refractivity contribution is 7.93. The Morgan fingerprint density at radius 3 is 2.79 bits per heavy atom. The lowest BCUT2D eigenvalue weighted by molar-refractivity contribution is -0.135. The molecule has 0 saturated heterocycles. The largest absolute Gasteiger partial charge is 0.481 e. The van der Waals surface area contributed by atoms with E-state index in [1.165, 1.54) is 34.4 Å². The topological polar surface area (TPSA) is 132 Å². The molecule has 0 aromatic carbocycles. The van der Waals surface area contributed by atoms with Gasteiger partial charge in [-0.25, -0.2) is 27.3 Å². The van der Waals surface area contributed by atoms with Gasteiger partial charge in [-0.15, -0.1) is 0 Å². The van der Waals surface area contributed by atoms with Crippen LogP contribution in [0.4, 0.5) is 10.2 Å². The molecule has 4 aromatic heterocycles. The first-order valence-corrected chi connectivity index (χ1v) is 14.9. The van der Waals surface area contributed by atoms with Crippen molar-refractivity contribution in [3.05, 3.63) is 63.0 Å². The van der Waals surface area contributed by atoms with Gasteiger partial charge in [-0.05, 0) is 50.5 Å². The maximum atomic E-state index is 15.2. The fourth-order valence-corrected chi connectivity index (χ4v) is 6.87. The number of sulfonamides is 1. The van der Waals surface area contributed by atoms with Crippen LogP contribution in [0.25, 0.3) is 4.96 Å². The van der Waals surface area contributed by atoms with Crippen molar-refractivity contribution in [1.82, 2.24) is 29.5 Å². The van der Waals surface area contributed by atoms with Crippen molar-refractivity contribution in [2.24, 2.45) is 0 Å². The Bertz CT molecular complexity index is 1720. The average Bonchev–Trinajstić information content (AvgIpc) is 3.60. The van der Waals surface area contributed by atoms with E-state index in [1.807, 2.05) is 6.92 Å². The normalized spacial score (nSPS) is 17.3. The van der Waals surface area contributed by atoms with Gasteiger partial charge in [0.1, 0.15) is 28.4 Å². The number of fused-ring (bicyclic) bond motifs is 3. The lowest BCUT2D eigenvalue weighted by atomic mass is 9.98. The van der Waals surface area contributed by atoms with E-state index in [4.69, 9.17) is 16.3 Å². The molecule has 5 heterocycles. The number of carbonyl (C=O) groups is 1. The van der Waals surface area contributed by atoms with Gasteiger partial charge in [0, 0.05) is 19.2 Å². The van der Waals surface area contributed by atoms with Crippen LogP contribution >= 0.6 is 22.9 Å². The van der Waals surface area contributed by atoms with E-state index in [0.717, 1.165) is 10.7 Å². The summed E-state index contributed by atoms with van der Waals surface area (Å²) in [5.41, 5.74) is 2.08. The maximum Gasteiger partial charge on any atom is 0.261 e. The third-order valence-corrected chi connectivity index (χ3v) is 9.47. The fourth-order valence-electron chi connectivity index (χ4n) is 4.57. The zero-order valence-corrected chi connectivity index (χ0v) is 23.3. The number of imidazole rings is 1. The lowest BCUT2D eigenvalue weighted by Crippen LogP contribution is -2.44. The van der Waals surface area contributed by atoms with E-state index in [9.17, 15) is 13.2 Å². The number of aryl methyl sites for hydroxylation is 2. The number of amides is 1. The predicted octanol–water partition coefficient (Wildman–Crippen LogP) is 3.45. The van der Waals surface area contributed by atoms with Crippen molar-refractivity contribution >= 4 is 49.6 Å². The molecule has 6 rings (SSSR count). The number of nitrogens with zero attached hydrogens (tertiary/aromatic N) is 6. The molecule has 1 fully saturated rings. The van der Waals surface area contributed by atoms with Gasteiger partial charge in [0.15, 0.2) is 17.5 Å². The zero-order valence-electron chi connectivity index (χ0n) is 20.9. The summed E-state index contributed by atoms with van der Waals surface area (Å²) in [4.78, 5) is 28.7. The second kappa shape index (κ2) is 9.68. The van der Waals surface area contributed by atoms with E-state index in [-0.39, 0.29) is 29.0 Å². The van der Waals surface area contributed by atoms with Gasteiger partial charge in [0.05, 0.1) is 16.6 Å². The fraction of sp³-hybridized carbons (Fsp3) is 0.375. The van der Waals surface area contributed by atoms with Crippen molar-refractivity contribution < 1.29 is 22.3 Å².